The first-order chi connectivity index (χ1) is 8.59. The molecule has 1 aromatic carbocycles. The van der Waals surface area contributed by atoms with E-state index in [9.17, 15) is 0 Å². The molecule has 3 rings (SSSR count). The summed E-state index contributed by atoms with van der Waals surface area (Å²) in [5.41, 5.74) is 2.61. The Labute approximate surface area is 117 Å². The minimum Gasteiger partial charge on any atom is -0.321 e. The van der Waals surface area contributed by atoms with Crippen LogP contribution in [0.25, 0.3) is 0 Å². The van der Waals surface area contributed by atoms with Gasteiger partial charge in [0.15, 0.2) is 5.17 Å². The number of amidine groups is 1. The van der Waals surface area contributed by atoms with E-state index in [0.717, 1.165) is 23.3 Å². The number of fused-ring (bicyclic) bond motifs is 1. The molecule has 18 heavy (non-hydrogen) atoms. The van der Waals surface area contributed by atoms with Gasteiger partial charge in [-0.25, -0.2) is 0 Å². The predicted molar refractivity (Wildman–Crippen MR) is 79.2 cm³/mol. The van der Waals surface area contributed by atoms with Gasteiger partial charge in [0.25, 0.3) is 0 Å². The Bertz CT molecular complexity index is 531. The highest BCUT2D eigenvalue weighted by Crippen LogP contribution is 2.41. The van der Waals surface area contributed by atoms with E-state index >= 15 is 0 Å². The Morgan fingerprint density at radius 1 is 1.28 bits per heavy atom. The molecule has 0 radical (unpaired) electrons. The van der Waals surface area contributed by atoms with Gasteiger partial charge in [-0.05, 0) is 23.1 Å². The minimum absolute atomic E-state index is 0.0147. The molecule has 4 heteroatoms. The number of halogens is 1. The van der Waals surface area contributed by atoms with Crippen LogP contribution in [-0.4, -0.2) is 23.2 Å². The summed E-state index contributed by atoms with van der Waals surface area (Å²) in [4.78, 5) is 6.83. The smallest absolute Gasteiger partial charge is 0.167 e. The van der Waals surface area contributed by atoms with Gasteiger partial charge in [-0.15, -0.1) is 0 Å². The Hall–Kier alpha value is -0.930. The summed E-state index contributed by atoms with van der Waals surface area (Å²) in [6.07, 6.45) is 0. The lowest BCUT2D eigenvalue weighted by molar-refractivity contribution is 0.450. The zero-order valence-corrected chi connectivity index (χ0v) is 12.1. The van der Waals surface area contributed by atoms with Crippen LogP contribution in [0.4, 0.5) is 0 Å². The van der Waals surface area contributed by atoms with Crippen LogP contribution < -0.4 is 0 Å². The third kappa shape index (κ3) is 1.86. The van der Waals surface area contributed by atoms with Crippen molar-refractivity contribution in [2.75, 3.05) is 13.1 Å². The van der Waals surface area contributed by atoms with Crippen LogP contribution >= 0.6 is 23.4 Å². The van der Waals surface area contributed by atoms with Gasteiger partial charge in [0, 0.05) is 22.7 Å². The highest BCUT2D eigenvalue weighted by Gasteiger charge is 2.36. The summed E-state index contributed by atoms with van der Waals surface area (Å²) in [6, 6.07) is 8.14. The molecule has 0 saturated heterocycles. The lowest BCUT2D eigenvalue weighted by atomic mass is 9.81. The number of hydrogen-bond donors (Lipinski definition) is 0. The van der Waals surface area contributed by atoms with E-state index in [1.165, 1.54) is 11.3 Å². The van der Waals surface area contributed by atoms with Gasteiger partial charge < -0.3 is 4.90 Å². The van der Waals surface area contributed by atoms with Gasteiger partial charge in [0.05, 0.1) is 6.54 Å². The summed E-state index contributed by atoms with van der Waals surface area (Å²) in [5, 5.41) is 4.16. The molecule has 0 N–H and O–H groups in total. The second-order valence-corrected chi connectivity index (χ2v) is 6.34. The molecular formula is C14H15ClN2S. The third-order valence-corrected chi connectivity index (χ3v) is 4.73. The third-order valence-electron chi connectivity index (χ3n) is 3.57. The molecule has 0 atom stereocenters. The summed E-state index contributed by atoms with van der Waals surface area (Å²) in [6.45, 7) is 6.43. The van der Waals surface area contributed by atoms with Crippen molar-refractivity contribution in [3.63, 3.8) is 0 Å². The largest absolute Gasteiger partial charge is 0.321 e. The summed E-state index contributed by atoms with van der Waals surface area (Å²) in [7, 11) is 0. The lowest BCUT2D eigenvalue weighted by Gasteiger charge is -2.32. The first kappa shape index (κ1) is 12.1. The summed E-state index contributed by atoms with van der Waals surface area (Å²) in [5.74, 6) is 0. The molecule has 2 heterocycles. The molecule has 2 aliphatic rings. The van der Waals surface area contributed by atoms with Gasteiger partial charge >= 0.3 is 0 Å². The number of nitrogens with zero attached hydrogens (tertiary/aromatic N) is 2. The van der Waals surface area contributed by atoms with Crippen molar-refractivity contribution in [1.29, 1.82) is 0 Å². The summed E-state index contributed by atoms with van der Waals surface area (Å²) >= 11 is 7.70. The van der Waals surface area contributed by atoms with E-state index < -0.39 is 0 Å². The van der Waals surface area contributed by atoms with Gasteiger partial charge in [0.2, 0.25) is 0 Å². The fraction of sp³-hybridized carbons (Fsp3) is 0.357. The molecule has 0 unspecified atom stereocenters. The predicted octanol–water partition coefficient (Wildman–Crippen LogP) is 3.88. The molecule has 0 aromatic heterocycles. The van der Waals surface area contributed by atoms with Crippen molar-refractivity contribution in [3.05, 3.63) is 46.0 Å². The van der Waals surface area contributed by atoms with Crippen molar-refractivity contribution in [2.45, 2.75) is 19.3 Å². The highest BCUT2D eigenvalue weighted by molar-refractivity contribution is 8.16. The Kier molecular flexibility index (Phi) is 2.91. The zero-order chi connectivity index (χ0) is 12.8. The second-order valence-electron chi connectivity index (χ2n) is 5.07. The van der Waals surface area contributed by atoms with Crippen LogP contribution in [0.3, 0.4) is 0 Å². The minimum atomic E-state index is -0.0147. The highest BCUT2D eigenvalue weighted by atomic mass is 35.5. The van der Waals surface area contributed by atoms with Crippen LogP contribution in [0.1, 0.15) is 19.4 Å². The molecule has 0 aliphatic carbocycles. The fourth-order valence-electron chi connectivity index (χ4n) is 2.42. The fourth-order valence-corrected chi connectivity index (χ4v) is 3.67. The number of benzene rings is 1. The van der Waals surface area contributed by atoms with E-state index in [1.807, 2.05) is 12.1 Å². The molecule has 0 amide bonds. The maximum absolute atomic E-state index is 5.96. The quantitative estimate of drug-likeness (QED) is 0.816. The Balaban J connectivity index is 1.95. The standard InChI is InChI=1S/C14H15ClN2S/c1-14(2,10-3-5-11(15)6-4-10)12-9-18-13-16-7-8-17(12)13/h3-6,9H,7-8H2,1-2H3. The van der Waals surface area contributed by atoms with Gasteiger partial charge in [-0.1, -0.05) is 49.3 Å². The van der Waals surface area contributed by atoms with Gasteiger partial charge in [-0.3, -0.25) is 4.99 Å². The molecule has 0 saturated carbocycles. The molecule has 2 aliphatic heterocycles. The number of thioether (sulfide) groups is 1. The van der Waals surface area contributed by atoms with E-state index in [0.29, 0.717) is 0 Å². The van der Waals surface area contributed by atoms with Gasteiger partial charge in [0.1, 0.15) is 0 Å². The summed E-state index contributed by atoms with van der Waals surface area (Å²) < 4.78 is 0. The van der Waals surface area contributed by atoms with Crippen molar-refractivity contribution in [1.82, 2.24) is 4.90 Å². The maximum atomic E-state index is 5.96. The molecule has 0 spiro atoms. The monoisotopic (exact) mass is 278 g/mol. The van der Waals surface area contributed by atoms with Crippen LogP contribution in [0.15, 0.2) is 40.4 Å². The molecule has 94 valence electrons. The number of allylic oxidation sites excluding steroid dienone is 1. The number of rotatable bonds is 2. The van der Waals surface area contributed by atoms with Crippen LogP contribution in [-0.2, 0) is 5.41 Å². The number of hydrogen-bond acceptors (Lipinski definition) is 3. The van der Waals surface area contributed by atoms with Crippen molar-refractivity contribution >= 4 is 28.5 Å². The SMILES string of the molecule is CC(C)(C1=CSC2=NCCN12)c1ccc(Cl)cc1. The second kappa shape index (κ2) is 4.32. The van der Waals surface area contributed by atoms with Crippen molar-refractivity contribution < 1.29 is 0 Å². The average molecular weight is 279 g/mol. The Morgan fingerprint density at radius 2 is 2.00 bits per heavy atom. The molecule has 1 aromatic rings. The van der Waals surface area contributed by atoms with Crippen LogP contribution in [0.5, 0.6) is 0 Å². The molecule has 0 fully saturated rings. The molecule has 0 bridgehead atoms. The van der Waals surface area contributed by atoms with Crippen molar-refractivity contribution in [3.8, 4) is 0 Å². The van der Waals surface area contributed by atoms with Crippen molar-refractivity contribution in [2.24, 2.45) is 4.99 Å². The molecular weight excluding hydrogens is 264 g/mol. The topological polar surface area (TPSA) is 15.6 Å². The van der Waals surface area contributed by atoms with E-state index in [-0.39, 0.29) is 5.41 Å². The van der Waals surface area contributed by atoms with E-state index in [1.54, 1.807) is 11.8 Å². The van der Waals surface area contributed by atoms with Crippen LogP contribution in [0.2, 0.25) is 5.02 Å². The average Bonchev–Trinajstić information content (AvgIpc) is 2.90. The lowest BCUT2D eigenvalue weighted by Crippen LogP contribution is -2.32. The van der Waals surface area contributed by atoms with E-state index in [4.69, 9.17) is 11.6 Å². The maximum Gasteiger partial charge on any atom is 0.167 e. The van der Waals surface area contributed by atoms with Gasteiger partial charge in [-0.2, -0.15) is 0 Å². The van der Waals surface area contributed by atoms with E-state index in [2.05, 4.69) is 41.3 Å². The first-order valence-electron chi connectivity index (χ1n) is 6.04. The molecule has 2 nitrogen and oxygen atoms in total. The normalized spacial score (nSPS) is 18.7. The Morgan fingerprint density at radius 3 is 2.72 bits per heavy atom. The first-order valence-corrected chi connectivity index (χ1v) is 7.30. The zero-order valence-electron chi connectivity index (χ0n) is 10.5. The van der Waals surface area contributed by atoms with Crippen LogP contribution in [0, 0.1) is 0 Å². The number of aliphatic imine (C=N–C) groups is 1.